The van der Waals surface area contributed by atoms with Crippen molar-refractivity contribution in [1.82, 2.24) is 14.3 Å². The number of anilines is 1. The third-order valence-electron chi connectivity index (χ3n) is 5.26. The van der Waals surface area contributed by atoms with Gasteiger partial charge in [0.15, 0.2) is 0 Å². The predicted molar refractivity (Wildman–Crippen MR) is 131 cm³/mol. The summed E-state index contributed by atoms with van der Waals surface area (Å²) in [6.07, 6.45) is -4.55. The maximum absolute atomic E-state index is 12.8. The smallest absolute Gasteiger partial charge is 0.475 e. The number of hydrogen-bond donors (Lipinski definition) is 2. The van der Waals surface area contributed by atoms with E-state index in [-0.39, 0.29) is 31.1 Å². The fraction of sp³-hybridized carbons (Fsp3) is 0.250. The highest BCUT2D eigenvalue weighted by Gasteiger charge is 2.38. The Balaban J connectivity index is 0.000000532. The molecule has 0 spiro atoms. The Morgan fingerprint density at radius 3 is 2.46 bits per heavy atom. The molecule has 2 aromatic heterocycles. The number of carboxylic acids is 1. The Kier molecular flexibility index (Phi) is 9.38. The van der Waals surface area contributed by atoms with E-state index in [1.54, 1.807) is 0 Å². The molecule has 4 rings (SSSR count). The molecule has 1 aliphatic heterocycles. The maximum atomic E-state index is 12.8. The first kappa shape index (κ1) is 29.3. The summed E-state index contributed by atoms with van der Waals surface area (Å²) in [6, 6.07) is 14.3. The number of para-hydroxylation sites is 1. The number of alkyl halides is 3. The summed E-state index contributed by atoms with van der Waals surface area (Å²) >= 11 is 1.38. The summed E-state index contributed by atoms with van der Waals surface area (Å²) in [4.78, 5) is 36.7. The van der Waals surface area contributed by atoms with Gasteiger partial charge in [0.25, 0.3) is 6.08 Å². The minimum atomic E-state index is -5.08. The second-order valence-corrected chi connectivity index (χ2v) is 9.10. The van der Waals surface area contributed by atoms with Crippen LogP contribution in [0.2, 0.25) is 0 Å². The number of nitrogens with two attached hydrogens (primary N) is 1. The van der Waals surface area contributed by atoms with Crippen molar-refractivity contribution in [3.63, 3.8) is 0 Å². The first-order valence-corrected chi connectivity index (χ1v) is 11.9. The van der Waals surface area contributed by atoms with Crippen LogP contribution in [-0.4, -0.2) is 44.1 Å². The van der Waals surface area contributed by atoms with Crippen molar-refractivity contribution < 1.29 is 36.6 Å². The van der Waals surface area contributed by atoms with E-state index in [1.165, 1.54) is 27.1 Å². The topological polar surface area (TPSA) is 123 Å². The minimum Gasteiger partial charge on any atom is -0.475 e. The molecule has 1 aromatic carbocycles. The van der Waals surface area contributed by atoms with Gasteiger partial charge in [-0.3, -0.25) is 9.36 Å². The molecular weight excluding hydrogens is 549 g/mol. The molecule has 3 heterocycles. The van der Waals surface area contributed by atoms with Gasteiger partial charge in [-0.15, -0.1) is 11.3 Å². The van der Waals surface area contributed by atoms with Crippen molar-refractivity contribution in [3.8, 4) is 12.0 Å². The normalized spacial score (nSPS) is 12.6. The molecular formula is C24H20F5N5O4S. The number of fused-ring (bicyclic) bond motifs is 1. The molecule has 0 saturated carbocycles. The van der Waals surface area contributed by atoms with Gasteiger partial charge in [0, 0.05) is 29.5 Å². The predicted octanol–water partition coefficient (Wildman–Crippen LogP) is 3.19. The summed E-state index contributed by atoms with van der Waals surface area (Å²) in [6.45, 7) is -0.466. The summed E-state index contributed by atoms with van der Waals surface area (Å²) < 4.78 is 59.6. The number of nitrogens with zero attached hydrogens (tertiary/aromatic N) is 4. The molecule has 1 amide bonds. The largest absolute Gasteiger partial charge is 0.490 e. The van der Waals surface area contributed by atoms with Gasteiger partial charge in [-0.25, -0.2) is 19.2 Å². The number of amides is 1. The summed E-state index contributed by atoms with van der Waals surface area (Å²) in [7, 11) is 0. The fourth-order valence-corrected chi connectivity index (χ4v) is 4.19. The van der Waals surface area contributed by atoms with E-state index in [0.29, 0.717) is 12.8 Å². The average Bonchev–Trinajstić information content (AvgIpc) is 3.47. The highest BCUT2D eigenvalue weighted by atomic mass is 32.1. The van der Waals surface area contributed by atoms with Gasteiger partial charge in [-0.1, -0.05) is 18.2 Å². The van der Waals surface area contributed by atoms with E-state index in [0.717, 1.165) is 25.7 Å². The summed E-state index contributed by atoms with van der Waals surface area (Å²) in [5.41, 5.74) is 6.36. The van der Waals surface area contributed by atoms with Crippen LogP contribution < -0.4 is 16.3 Å². The van der Waals surface area contributed by atoms with Crippen molar-refractivity contribution in [2.45, 2.75) is 32.1 Å². The quantitative estimate of drug-likeness (QED) is 0.360. The van der Waals surface area contributed by atoms with Crippen LogP contribution in [-0.2, 0) is 29.1 Å². The Labute approximate surface area is 221 Å². The van der Waals surface area contributed by atoms with Crippen LogP contribution in [0, 0.1) is 12.0 Å². The van der Waals surface area contributed by atoms with Crippen LogP contribution >= 0.6 is 11.3 Å². The number of carboxylic acid groups (broad SMARTS) is 1. The zero-order valence-corrected chi connectivity index (χ0v) is 20.7. The van der Waals surface area contributed by atoms with E-state index >= 15 is 0 Å². The first-order valence-electron chi connectivity index (χ1n) is 11.1. The molecule has 1 aliphatic rings. The van der Waals surface area contributed by atoms with E-state index in [4.69, 9.17) is 15.6 Å². The number of aromatic nitrogens is 3. The van der Waals surface area contributed by atoms with Crippen LogP contribution in [0.15, 0.2) is 59.2 Å². The number of aliphatic carboxylic acids is 1. The third-order valence-corrected chi connectivity index (χ3v) is 6.25. The lowest BCUT2D eigenvalue weighted by atomic mass is 10.0. The molecule has 0 fully saturated rings. The Morgan fingerprint density at radius 2 is 1.82 bits per heavy atom. The molecule has 3 N–H and O–H groups in total. The molecule has 0 unspecified atom stereocenters. The molecule has 0 saturated heterocycles. The Morgan fingerprint density at radius 1 is 1.13 bits per heavy atom. The zero-order valence-electron chi connectivity index (χ0n) is 19.9. The molecule has 39 heavy (non-hydrogen) atoms. The number of aryl methyl sites for hydroxylation is 1. The average molecular weight is 570 g/mol. The highest BCUT2D eigenvalue weighted by Crippen LogP contribution is 2.27. The summed E-state index contributed by atoms with van der Waals surface area (Å²) in [5, 5.41) is 11.0. The monoisotopic (exact) mass is 569 g/mol. The van der Waals surface area contributed by atoms with Crippen molar-refractivity contribution >= 4 is 28.9 Å². The zero-order chi connectivity index (χ0) is 28.7. The number of rotatable bonds is 5. The Bertz CT molecular complexity index is 1510. The second-order valence-electron chi connectivity index (χ2n) is 7.93. The van der Waals surface area contributed by atoms with E-state index in [2.05, 4.69) is 17.1 Å². The first-order chi connectivity index (χ1) is 18.4. The highest BCUT2D eigenvalue weighted by molar-refractivity contribution is 7.12. The van der Waals surface area contributed by atoms with Gasteiger partial charge >= 0.3 is 17.8 Å². The van der Waals surface area contributed by atoms with Gasteiger partial charge in [0.2, 0.25) is 5.91 Å². The molecule has 0 aliphatic carbocycles. The van der Waals surface area contributed by atoms with Crippen LogP contribution in [0.25, 0.3) is 0 Å². The second kappa shape index (κ2) is 12.5. The van der Waals surface area contributed by atoms with Crippen LogP contribution in [0.4, 0.5) is 27.6 Å². The van der Waals surface area contributed by atoms with Gasteiger partial charge in [0.05, 0.1) is 23.7 Å². The van der Waals surface area contributed by atoms with Crippen LogP contribution in [0.3, 0.4) is 0 Å². The van der Waals surface area contributed by atoms with E-state index in [1.807, 2.05) is 36.4 Å². The molecule has 15 heteroatoms. The molecule has 9 nitrogen and oxygen atoms in total. The van der Waals surface area contributed by atoms with Crippen LogP contribution in [0.5, 0.6) is 0 Å². The summed E-state index contributed by atoms with van der Waals surface area (Å²) in [5.74, 6) is 0.224. The molecule has 0 atom stereocenters. The van der Waals surface area contributed by atoms with Crippen molar-refractivity contribution in [1.29, 1.82) is 0 Å². The SMILES string of the molecule is NCC(Cn1ncn(Cc2ccc(C#CN3C(=O)CCc4ccccc43)s2)c1=O)=C(F)F.O=C(O)C(F)(F)F. The van der Waals surface area contributed by atoms with Crippen molar-refractivity contribution in [3.05, 3.63) is 80.2 Å². The fourth-order valence-electron chi connectivity index (χ4n) is 3.33. The number of thiophene rings is 1. The Hall–Kier alpha value is -4.29. The standard InChI is InChI=1S/C22H19F2N5O2S.C2HF3O2/c23-21(24)16(11-25)12-29-22(31)27(14-26-29)13-18-7-6-17(32-18)9-10-28-19-4-2-1-3-15(19)5-8-20(28)30;3-2(4,5)1(6)7/h1-4,6-7,14H,5,8,11-13,25H2;(H,6,7). The third kappa shape index (κ3) is 7.62. The number of carbonyl (C=O) groups excluding carboxylic acids is 1. The van der Waals surface area contributed by atoms with Gasteiger partial charge in [-0.05, 0) is 36.1 Å². The van der Waals surface area contributed by atoms with E-state index in [9.17, 15) is 31.5 Å². The molecule has 0 bridgehead atoms. The lowest BCUT2D eigenvalue weighted by molar-refractivity contribution is -0.192. The van der Waals surface area contributed by atoms with Gasteiger partial charge < -0.3 is 10.8 Å². The number of halogens is 5. The maximum Gasteiger partial charge on any atom is 0.490 e. The van der Waals surface area contributed by atoms with Gasteiger partial charge in [-0.2, -0.15) is 27.1 Å². The number of carbonyl (C=O) groups is 2. The molecule has 3 aromatic rings. The van der Waals surface area contributed by atoms with E-state index < -0.39 is 23.9 Å². The number of hydrogen-bond acceptors (Lipinski definition) is 6. The lowest BCUT2D eigenvalue weighted by Gasteiger charge is -2.23. The van der Waals surface area contributed by atoms with Crippen molar-refractivity contribution in [2.75, 3.05) is 11.4 Å². The lowest BCUT2D eigenvalue weighted by Crippen LogP contribution is -2.30. The van der Waals surface area contributed by atoms with Crippen molar-refractivity contribution in [2.24, 2.45) is 5.73 Å². The molecule has 0 radical (unpaired) electrons. The minimum absolute atomic E-state index is 0.0393. The van der Waals surface area contributed by atoms with Gasteiger partial charge in [0.1, 0.15) is 6.33 Å². The molecule has 206 valence electrons. The van der Waals surface area contributed by atoms with Crippen LogP contribution in [0.1, 0.15) is 21.7 Å². The number of benzene rings is 1.